The third-order valence-electron chi connectivity index (χ3n) is 4.65. The van der Waals surface area contributed by atoms with Gasteiger partial charge in [0.2, 0.25) is 0 Å². The zero-order chi connectivity index (χ0) is 19.7. The molecule has 1 aliphatic rings. The van der Waals surface area contributed by atoms with Crippen molar-refractivity contribution in [2.24, 2.45) is 4.99 Å². The van der Waals surface area contributed by atoms with Crippen LogP contribution in [0, 0.1) is 13.8 Å². The van der Waals surface area contributed by atoms with Gasteiger partial charge in [-0.2, -0.15) is 0 Å². The predicted molar refractivity (Wildman–Crippen MR) is 116 cm³/mol. The lowest BCUT2D eigenvalue weighted by atomic mass is 10.1. The number of hydrogen-bond donors (Lipinski definition) is 0. The van der Waals surface area contributed by atoms with Crippen LogP contribution in [0.1, 0.15) is 22.3 Å². The molecule has 0 saturated heterocycles. The minimum Gasteiger partial charge on any atom is -0.266 e. The molecule has 3 nitrogen and oxygen atoms in total. The fourth-order valence-electron chi connectivity index (χ4n) is 3.24. The van der Waals surface area contributed by atoms with Crippen molar-refractivity contribution in [1.29, 1.82) is 0 Å². The lowest BCUT2D eigenvalue weighted by Gasteiger charge is -2.21. The number of amidine groups is 1. The molecular formula is C24H19ClN2O. The molecule has 4 heteroatoms. The highest BCUT2D eigenvalue weighted by Crippen LogP contribution is 2.31. The Hall–Kier alpha value is -3.17. The Morgan fingerprint density at radius 2 is 1.71 bits per heavy atom. The largest absolute Gasteiger partial charge is 0.282 e. The Kier molecular flexibility index (Phi) is 4.84. The molecule has 0 radical (unpaired) electrons. The van der Waals surface area contributed by atoms with Gasteiger partial charge in [0, 0.05) is 10.6 Å². The van der Waals surface area contributed by atoms with E-state index in [1.54, 1.807) is 17.0 Å². The molecule has 1 heterocycles. The molecule has 0 fully saturated rings. The van der Waals surface area contributed by atoms with Gasteiger partial charge in [0.15, 0.2) is 0 Å². The summed E-state index contributed by atoms with van der Waals surface area (Å²) in [5.74, 6) is 0.486. The Balaban J connectivity index is 1.87. The number of anilines is 1. The summed E-state index contributed by atoms with van der Waals surface area (Å²) in [6.45, 7) is 4.02. The van der Waals surface area contributed by atoms with Crippen LogP contribution in [0.5, 0.6) is 0 Å². The summed E-state index contributed by atoms with van der Waals surface area (Å²) in [6, 6.07) is 23.3. The minimum atomic E-state index is -0.146. The summed E-state index contributed by atoms with van der Waals surface area (Å²) in [5.41, 5.74) is 5.09. The Morgan fingerprint density at radius 3 is 2.46 bits per heavy atom. The first-order chi connectivity index (χ1) is 13.5. The summed E-state index contributed by atoms with van der Waals surface area (Å²) in [5, 5.41) is 0.624. The fraction of sp³-hybridized carbons (Fsp3) is 0.0833. The molecular weight excluding hydrogens is 368 g/mol. The number of halogens is 1. The Morgan fingerprint density at radius 1 is 0.929 bits per heavy atom. The first-order valence-corrected chi connectivity index (χ1v) is 9.44. The second-order valence-electron chi connectivity index (χ2n) is 6.82. The molecule has 4 rings (SSSR count). The highest BCUT2D eigenvalue weighted by Gasteiger charge is 2.33. The molecule has 28 heavy (non-hydrogen) atoms. The number of aryl methyl sites for hydroxylation is 2. The van der Waals surface area contributed by atoms with Gasteiger partial charge in [-0.25, -0.2) is 4.99 Å². The minimum absolute atomic E-state index is 0.146. The molecule has 0 spiro atoms. The molecule has 0 aromatic heterocycles. The van der Waals surface area contributed by atoms with Gasteiger partial charge in [0.05, 0.1) is 5.69 Å². The highest BCUT2D eigenvalue weighted by molar-refractivity contribution is 6.33. The van der Waals surface area contributed by atoms with Crippen LogP contribution in [0.15, 0.2) is 83.5 Å². The van der Waals surface area contributed by atoms with Crippen LogP contribution in [0.4, 0.5) is 5.69 Å². The van der Waals surface area contributed by atoms with E-state index in [9.17, 15) is 4.79 Å². The SMILES string of the molecule is Cc1ccc(C)c(N2C(=O)/C(=C\c3cccc(Cl)c3)N=C2c2ccccc2)c1. The van der Waals surface area contributed by atoms with Gasteiger partial charge in [0.1, 0.15) is 11.5 Å². The fourth-order valence-corrected chi connectivity index (χ4v) is 3.43. The number of hydrogen-bond acceptors (Lipinski definition) is 2. The van der Waals surface area contributed by atoms with Crippen LogP contribution in [-0.4, -0.2) is 11.7 Å². The van der Waals surface area contributed by atoms with E-state index >= 15 is 0 Å². The van der Waals surface area contributed by atoms with Crippen molar-refractivity contribution in [1.82, 2.24) is 0 Å². The topological polar surface area (TPSA) is 32.7 Å². The van der Waals surface area contributed by atoms with Crippen molar-refractivity contribution in [3.8, 4) is 0 Å². The highest BCUT2D eigenvalue weighted by atomic mass is 35.5. The first-order valence-electron chi connectivity index (χ1n) is 9.06. The summed E-state index contributed by atoms with van der Waals surface area (Å²) < 4.78 is 0. The van der Waals surface area contributed by atoms with E-state index in [0.29, 0.717) is 16.6 Å². The number of amides is 1. The third-order valence-corrected chi connectivity index (χ3v) is 4.89. The molecule has 3 aromatic rings. The van der Waals surface area contributed by atoms with Gasteiger partial charge >= 0.3 is 0 Å². The third kappa shape index (κ3) is 3.49. The second kappa shape index (κ2) is 7.45. The number of nitrogens with zero attached hydrogens (tertiary/aromatic N) is 2. The maximum absolute atomic E-state index is 13.4. The van der Waals surface area contributed by atoms with Crippen LogP contribution in [-0.2, 0) is 4.79 Å². The molecule has 0 unspecified atom stereocenters. The molecule has 3 aromatic carbocycles. The van der Waals surface area contributed by atoms with Crippen molar-refractivity contribution in [2.75, 3.05) is 4.90 Å². The van der Waals surface area contributed by atoms with Crippen LogP contribution in [0.2, 0.25) is 5.02 Å². The van der Waals surface area contributed by atoms with Gasteiger partial charge in [-0.3, -0.25) is 9.69 Å². The van der Waals surface area contributed by atoms with E-state index in [1.165, 1.54) is 0 Å². The van der Waals surface area contributed by atoms with Gasteiger partial charge in [-0.05, 0) is 54.8 Å². The van der Waals surface area contributed by atoms with Gasteiger partial charge in [-0.15, -0.1) is 0 Å². The van der Waals surface area contributed by atoms with Gasteiger partial charge in [0.25, 0.3) is 5.91 Å². The van der Waals surface area contributed by atoms with Crippen molar-refractivity contribution < 1.29 is 4.79 Å². The average Bonchev–Trinajstić information content (AvgIpc) is 3.01. The molecule has 0 saturated carbocycles. The van der Waals surface area contributed by atoms with Crippen molar-refractivity contribution in [3.05, 3.63) is 106 Å². The lowest BCUT2D eigenvalue weighted by Crippen LogP contribution is -2.33. The van der Waals surface area contributed by atoms with E-state index in [4.69, 9.17) is 16.6 Å². The van der Waals surface area contributed by atoms with Crippen molar-refractivity contribution in [2.45, 2.75) is 13.8 Å². The maximum atomic E-state index is 13.4. The average molecular weight is 387 g/mol. The normalized spacial score (nSPS) is 15.2. The molecule has 0 bridgehead atoms. The van der Waals surface area contributed by atoms with Crippen molar-refractivity contribution >= 4 is 35.1 Å². The van der Waals surface area contributed by atoms with Crippen LogP contribution in [0.25, 0.3) is 6.08 Å². The zero-order valence-corrected chi connectivity index (χ0v) is 16.4. The maximum Gasteiger partial charge on any atom is 0.282 e. The molecule has 1 aliphatic heterocycles. The van der Waals surface area contributed by atoms with Crippen LogP contribution < -0.4 is 4.90 Å². The van der Waals surface area contributed by atoms with Gasteiger partial charge < -0.3 is 0 Å². The smallest absolute Gasteiger partial charge is 0.266 e. The quantitative estimate of drug-likeness (QED) is 0.524. The molecule has 0 N–H and O–H groups in total. The standard InChI is InChI=1S/C24H19ClN2O/c1-16-11-12-17(2)22(13-16)27-23(19-8-4-3-5-9-19)26-21(24(27)28)15-18-7-6-10-20(25)14-18/h3-15H,1-2H3/b21-15+. The lowest BCUT2D eigenvalue weighted by molar-refractivity contribution is -0.113. The van der Waals surface area contributed by atoms with Gasteiger partial charge in [-0.1, -0.05) is 66.2 Å². The van der Waals surface area contributed by atoms with Crippen LogP contribution >= 0.6 is 11.6 Å². The Bertz CT molecular complexity index is 1120. The summed E-state index contributed by atoms with van der Waals surface area (Å²) in [4.78, 5) is 19.8. The number of aliphatic imine (C=N–C) groups is 1. The molecule has 1 amide bonds. The zero-order valence-electron chi connectivity index (χ0n) is 15.7. The second-order valence-corrected chi connectivity index (χ2v) is 7.25. The van der Waals surface area contributed by atoms with E-state index in [1.807, 2.05) is 80.6 Å². The molecule has 0 atom stereocenters. The summed E-state index contributed by atoms with van der Waals surface area (Å²) in [7, 11) is 0. The summed E-state index contributed by atoms with van der Waals surface area (Å²) >= 11 is 6.09. The number of benzene rings is 3. The number of rotatable bonds is 3. The molecule has 138 valence electrons. The summed E-state index contributed by atoms with van der Waals surface area (Å²) in [6.07, 6.45) is 1.78. The van der Waals surface area contributed by atoms with Crippen LogP contribution in [0.3, 0.4) is 0 Å². The van der Waals surface area contributed by atoms with E-state index in [-0.39, 0.29) is 5.91 Å². The first kappa shape index (κ1) is 18.2. The van der Waals surface area contributed by atoms with Crippen molar-refractivity contribution in [3.63, 3.8) is 0 Å². The number of carbonyl (C=O) groups excluding carboxylic acids is 1. The molecule has 0 aliphatic carbocycles. The van der Waals surface area contributed by atoms with E-state index < -0.39 is 0 Å². The monoisotopic (exact) mass is 386 g/mol. The predicted octanol–water partition coefficient (Wildman–Crippen LogP) is 5.79. The number of carbonyl (C=O) groups is 1. The van der Waals surface area contributed by atoms with E-state index in [0.717, 1.165) is 27.9 Å². The van der Waals surface area contributed by atoms with E-state index in [2.05, 4.69) is 0 Å². The Labute approximate surface area is 169 Å².